The number of aliphatic hydroxyl groups is 1. The van der Waals surface area contributed by atoms with Crippen molar-refractivity contribution in [3.8, 4) is 5.82 Å². The van der Waals surface area contributed by atoms with E-state index >= 15 is 0 Å². The fourth-order valence-electron chi connectivity index (χ4n) is 3.27. The molecule has 32 heavy (non-hydrogen) atoms. The van der Waals surface area contributed by atoms with Crippen LogP contribution in [0.2, 0.25) is 5.02 Å². The summed E-state index contributed by atoms with van der Waals surface area (Å²) in [7, 11) is 1.66. The molecule has 1 amide bonds. The van der Waals surface area contributed by atoms with Gasteiger partial charge in [0.25, 0.3) is 5.91 Å². The predicted molar refractivity (Wildman–Crippen MR) is 124 cm³/mol. The van der Waals surface area contributed by atoms with Gasteiger partial charge in [-0.2, -0.15) is 4.98 Å². The molecule has 2 aromatic heterocycles. The van der Waals surface area contributed by atoms with Gasteiger partial charge in [-0.05, 0) is 37.1 Å². The number of carbonyl (C=O) groups is 1. The zero-order valence-electron chi connectivity index (χ0n) is 18.4. The lowest BCUT2D eigenvalue weighted by molar-refractivity contribution is 0.0916. The molecule has 1 aromatic carbocycles. The number of halogens is 1. The number of benzene rings is 1. The number of aryl methyl sites for hydroxylation is 1. The normalized spacial score (nSPS) is 12.9. The minimum atomic E-state index is -0.562. The molecule has 0 spiro atoms. The Balaban J connectivity index is 1.77. The zero-order valence-corrected chi connectivity index (χ0v) is 19.1. The van der Waals surface area contributed by atoms with Crippen molar-refractivity contribution in [1.29, 1.82) is 0 Å². The SMILES string of the molecule is CCC(COC)Nc1ncc(C)c(-n2ccc(C(=O)NC(CO)c3cccc(Cl)c3)c2)n1. The highest BCUT2D eigenvalue weighted by molar-refractivity contribution is 6.30. The lowest BCUT2D eigenvalue weighted by Gasteiger charge is -2.17. The number of aliphatic hydroxyl groups excluding tert-OH is 1. The average molecular weight is 458 g/mol. The number of hydrogen-bond acceptors (Lipinski definition) is 6. The molecule has 0 saturated carbocycles. The molecule has 0 radical (unpaired) electrons. The number of nitrogens with one attached hydrogen (secondary N) is 2. The van der Waals surface area contributed by atoms with E-state index in [9.17, 15) is 9.90 Å². The fourth-order valence-corrected chi connectivity index (χ4v) is 3.47. The molecule has 2 atom stereocenters. The van der Waals surface area contributed by atoms with Crippen LogP contribution in [0.1, 0.15) is 40.9 Å². The quantitative estimate of drug-likeness (QED) is 0.430. The van der Waals surface area contributed by atoms with Crippen LogP contribution in [0, 0.1) is 6.92 Å². The molecule has 0 fully saturated rings. The number of hydrogen-bond donors (Lipinski definition) is 3. The first-order valence-electron chi connectivity index (χ1n) is 10.4. The molecular weight excluding hydrogens is 430 g/mol. The van der Waals surface area contributed by atoms with Crippen molar-refractivity contribution < 1.29 is 14.6 Å². The van der Waals surface area contributed by atoms with Crippen LogP contribution < -0.4 is 10.6 Å². The van der Waals surface area contributed by atoms with Gasteiger partial charge >= 0.3 is 0 Å². The maximum Gasteiger partial charge on any atom is 0.253 e. The molecule has 0 bridgehead atoms. The Bertz CT molecular complexity index is 1060. The summed E-state index contributed by atoms with van der Waals surface area (Å²) >= 11 is 6.03. The van der Waals surface area contributed by atoms with Gasteiger partial charge in [-0.15, -0.1) is 0 Å². The van der Waals surface area contributed by atoms with E-state index in [0.29, 0.717) is 29.0 Å². The van der Waals surface area contributed by atoms with E-state index < -0.39 is 6.04 Å². The summed E-state index contributed by atoms with van der Waals surface area (Å²) < 4.78 is 7.00. The molecule has 2 heterocycles. The standard InChI is InChI=1S/C23H28ClN5O3/c1-4-19(14-32-3)26-23-25-11-15(2)21(28-23)29-9-8-17(12-29)22(31)27-20(13-30)16-6-5-7-18(24)10-16/h5-12,19-20,30H,4,13-14H2,1-3H3,(H,27,31)(H,25,26,28). The lowest BCUT2D eigenvalue weighted by Crippen LogP contribution is -2.30. The van der Waals surface area contributed by atoms with Gasteiger partial charge in [0, 0.05) is 36.3 Å². The van der Waals surface area contributed by atoms with Crippen LogP contribution in [0.15, 0.2) is 48.9 Å². The van der Waals surface area contributed by atoms with Crippen molar-refractivity contribution in [1.82, 2.24) is 19.9 Å². The largest absolute Gasteiger partial charge is 0.394 e. The minimum Gasteiger partial charge on any atom is -0.394 e. The third kappa shape index (κ3) is 5.85. The lowest BCUT2D eigenvalue weighted by atomic mass is 10.1. The number of methoxy groups -OCH3 is 1. The first-order chi connectivity index (χ1) is 15.4. The second-order valence-electron chi connectivity index (χ2n) is 7.48. The number of anilines is 1. The second-order valence-corrected chi connectivity index (χ2v) is 7.91. The number of amides is 1. The van der Waals surface area contributed by atoms with Crippen molar-refractivity contribution >= 4 is 23.5 Å². The van der Waals surface area contributed by atoms with Crippen LogP contribution >= 0.6 is 11.6 Å². The smallest absolute Gasteiger partial charge is 0.253 e. The number of ether oxygens (including phenoxy) is 1. The maximum absolute atomic E-state index is 12.8. The van der Waals surface area contributed by atoms with E-state index in [4.69, 9.17) is 16.3 Å². The summed E-state index contributed by atoms with van der Waals surface area (Å²) in [4.78, 5) is 21.8. The first-order valence-corrected chi connectivity index (χ1v) is 10.8. The zero-order chi connectivity index (χ0) is 23.1. The van der Waals surface area contributed by atoms with Crippen molar-refractivity contribution in [2.45, 2.75) is 32.4 Å². The van der Waals surface area contributed by atoms with Gasteiger partial charge in [-0.1, -0.05) is 30.7 Å². The van der Waals surface area contributed by atoms with E-state index in [1.165, 1.54) is 0 Å². The van der Waals surface area contributed by atoms with Crippen LogP contribution in [0.25, 0.3) is 5.82 Å². The first kappa shape index (κ1) is 23.7. The molecule has 170 valence electrons. The molecule has 3 N–H and O–H groups in total. The number of nitrogens with zero attached hydrogens (tertiary/aromatic N) is 3. The topological polar surface area (TPSA) is 101 Å². The second kappa shape index (κ2) is 11.1. The number of aromatic nitrogens is 3. The van der Waals surface area contributed by atoms with Crippen molar-refractivity contribution in [3.63, 3.8) is 0 Å². The summed E-state index contributed by atoms with van der Waals surface area (Å²) in [5, 5.41) is 16.4. The Kier molecular flexibility index (Phi) is 8.21. The Hall–Kier alpha value is -2.94. The molecule has 2 unspecified atom stereocenters. The van der Waals surface area contributed by atoms with E-state index in [2.05, 4.69) is 27.5 Å². The van der Waals surface area contributed by atoms with Gasteiger partial charge in [0.1, 0.15) is 5.82 Å². The molecule has 9 heteroatoms. The van der Waals surface area contributed by atoms with Gasteiger partial charge in [0.2, 0.25) is 5.95 Å². The van der Waals surface area contributed by atoms with Gasteiger partial charge in [-0.3, -0.25) is 4.79 Å². The van der Waals surface area contributed by atoms with Gasteiger partial charge in [0.15, 0.2) is 0 Å². The van der Waals surface area contributed by atoms with Crippen LogP contribution in [0.4, 0.5) is 5.95 Å². The highest BCUT2D eigenvalue weighted by Crippen LogP contribution is 2.19. The van der Waals surface area contributed by atoms with Crippen LogP contribution in [-0.4, -0.2) is 51.9 Å². The molecular formula is C23H28ClN5O3. The van der Waals surface area contributed by atoms with Crippen LogP contribution in [-0.2, 0) is 4.74 Å². The number of carbonyl (C=O) groups excluding carboxylic acids is 1. The van der Waals surface area contributed by atoms with E-state index in [0.717, 1.165) is 17.5 Å². The monoisotopic (exact) mass is 457 g/mol. The number of rotatable bonds is 10. The van der Waals surface area contributed by atoms with E-state index in [1.54, 1.807) is 54.5 Å². The van der Waals surface area contributed by atoms with E-state index in [-0.39, 0.29) is 18.6 Å². The predicted octanol–water partition coefficient (Wildman–Crippen LogP) is 3.53. The summed E-state index contributed by atoms with van der Waals surface area (Å²) in [6, 6.07) is 8.30. The molecule has 8 nitrogen and oxygen atoms in total. The van der Waals surface area contributed by atoms with Crippen LogP contribution in [0.3, 0.4) is 0 Å². The molecule has 3 aromatic rings. The Labute approximate surface area is 192 Å². The molecule has 0 aliphatic carbocycles. The third-order valence-corrected chi connectivity index (χ3v) is 5.31. The molecule has 0 saturated heterocycles. The molecule has 0 aliphatic heterocycles. The fraction of sp³-hybridized carbons (Fsp3) is 0.348. The molecule has 0 aliphatic rings. The summed E-state index contributed by atoms with van der Waals surface area (Å²) in [6.45, 7) is 4.28. The summed E-state index contributed by atoms with van der Waals surface area (Å²) in [5.74, 6) is 0.858. The van der Waals surface area contributed by atoms with Crippen molar-refractivity contribution in [2.75, 3.05) is 25.6 Å². The minimum absolute atomic E-state index is 0.100. The Morgan fingerprint density at radius 2 is 2.16 bits per heavy atom. The highest BCUT2D eigenvalue weighted by Gasteiger charge is 2.17. The van der Waals surface area contributed by atoms with Crippen LogP contribution in [0.5, 0.6) is 0 Å². The molecule has 3 rings (SSSR count). The van der Waals surface area contributed by atoms with Crippen molar-refractivity contribution in [2.24, 2.45) is 0 Å². The summed E-state index contributed by atoms with van der Waals surface area (Å²) in [5.41, 5.74) is 2.05. The van der Waals surface area contributed by atoms with Crippen molar-refractivity contribution in [3.05, 3.63) is 70.6 Å². The van der Waals surface area contributed by atoms with Gasteiger partial charge in [0.05, 0.1) is 30.9 Å². The Morgan fingerprint density at radius 3 is 2.84 bits per heavy atom. The van der Waals surface area contributed by atoms with Gasteiger partial charge < -0.3 is 25.0 Å². The van der Waals surface area contributed by atoms with E-state index in [1.807, 2.05) is 13.0 Å². The highest BCUT2D eigenvalue weighted by atomic mass is 35.5. The summed E-state index contributed by atoms with van der Waals surface area (Å²) in [6.07, 6.45) is 6.08. The Morgan fingerprint density at radius 1 is 1.34 bits per heavy atom. The average Bonchev–Trinajstić information content (AvgIpc) is 3.28. The van der Waals surface area contributed by atoms with Gasteiger partial charge in [-0.25, -0.2) is 4.98 Å². The maximum atomic E-state index is 12.8. The third-order valence-electron chi connectivity index (χ3n) is 5.08.